The molecule has 2 heterocycles. The Morgan fingerprint density at radius 2 is 1.95 bits per heavy atom. The molecule has 1 aromatic carbocycles. The van der Waals surface area contributed by atoms with Crippen LogP contribution in [0, 0.1) is 10.1 Å². The average Bonchev–Trinajstić information content (AvgIpc) is 2.87. The van der Waals surface area contributed by atoms with E-state index >= 15 is 0 Å². The molecule has 0 saturated heterocycles. The fraction of sp³-hybridized carbons (Fsp3) is 0. The molecule has 0 atom stereocenters. The summed E-state index contributed by atoms with van der Waals surface area (Å²) >= 11 is 0. The minimum Gasteiger partial charge on any atom is -0.297 e. The van der Waals surface area contributed by atoms with Crippen molar-refractivity contribution in [2.24, 2.45) is 0 Å². The number of hydrogen-bond donors (Lipinski definition) is 1. The van der Waals surface area contributed by atoms with Gasteiger partial charge in [0.05, 0.1) is 10.6 Å². The first-order chi connectivity index (χ1) is 9.15. The van der Waals surface area contributed by atoms with Crippen LogP contribution >= 0.6 is 0 Å². The number of nitrogens with zero attached hydrogens (tertiary/aromatic N) is 3. The van der Waals surface area contributed by atoms with Gasteiger partial charge in [0.15, 0.2) is 5.65 Å². The minimum absolute atomic E-state index is 0.00296. The van der Waals surface area contributed by atoms with Gasteiger partial charge in [-0.05, 0) is 12.1 Å². The number of aromatic nitrogens is 3. The second-order valence-corrected chi connectivity index (χ2v) is 3.94. The molecule has 0 aliphatic heterocycles. The van der Waals surface area contributed by atoms with Crippen molar-refractivity contribution in [3.05, 3.63) is 63.1 Å². The van der Waals surface area contributed by atoms with E-state index in [9.17, 15) is 14.9 Å². The summed E-state index contributed by atoms with van der Waals surface area (Å²) < 4.78 is 1.31. The van der Waals surface area contributed by atoms with E-state index in [-0.39, 0.29) is 11.2 Å². The van der Waals surface area contributed by atoms with Crippen LogP contribution in [-0.4, -0.2) is 19.5 Å². The van der Waals surface area contributed by atoms with Gasteiger partial charge in [0.25, 0.3) is 11.2 Å². The zero-order chi connectivity index (χ0) is 13.4. The number of benzene rings is 1. The Kier molecular flexibility index (Phi) is 2.38. The maximum Gasteiger partial charge on any atom is 0.273 e. The lowest BCUT2D eigenvalue weighted by molar-refractivity contribution is -0.384. The molecular weight excluding hydrogens is 248 g/mol. The van der Waals surface area contributed by atoms with Crippen molar-refractivity contribution < 1.29 is 4.92 Å². The molecule has 94 valence electrons. The zero-order valence-corrected chi connectivity index (χ0v) is 9.61. The van der Waals surface area contributed by atoms with E-state index < -0.39 is 4.92 Å². The molecule has 0 aliphatic rings. The molecule has 0 spiro atoms. The number of aromatic amines is 1. The molecule has 0 unspecified atom stereocenters. The Morgan fingerprint density at radius 3 is 2.63 bits per heavy atom. The quantitative estimate of drug-likeness (QED) is 0.556. The lowest BCUT2D eigenvalue weighted by atomic mass is 10.1. The van der Waals surface area contributed by atoms with Crippen LogP contribution in [0.1, 0.15) is 0 Å². The third-order valence-electron chi connectivity index (χ3n) is 2.75. The topological polar surface area (TPSA) is 93.3 Å². The molecule has 0 fully saturated rings. The Balaban J connectivity index is 2.13. The maximum atomic E-state index is 11.8. The van der Waals surface area contributed by atoms with Gasteiger partial charge in [0, 0.05) is 36.0 Å². The SMILES string of the molecule is O=c1cc(-c2ccc([N+](=O)[O-])cc2)nc2cc[nH]n12. The van der Waals surface area contributed by atoms with Crippen molar-refractivity contribution in [2.75, 3.05) is 0 Å². The molecule has 0 saturated carbocycles. The Hall–Kier alpha value is -2.96. The number of rotatable bonds is 2. The van der Waals surface area contributed by atoms with Crippen molar-refractivity contribution in [1.29, 1.82) is 0 Å². The van der Waals surface area contributed by atoms with E-state index in [2.05, 4.69) is 10.1 Å². The minimum atomic E-state index is -0.471. The molecule has 7 heteroatoms. The van der Waals surface area contributed by atoms with Gasteiger partial charge in [0.2, 0.25) is 0 Å². The highest BCUT2D eigenvalue weighted by Crippen LogP contribution is 2.20. The van der Waals surface area contributed by atoms with Crippen molar-refractivity contribution in [3.63, 3.8) is 0 Å². The van der Waals surface area contributed by atoms with E-state index in [4.69, 9.17) is 0 Å². The molecule has 7 nitrogen and oxygen atoms in total. The summed E-state index contributed by atoms with van der Waals surface area (Å²) in [6.45, 7) is 0. The van der Waals surface area contributed by atoms with Gasteiger partial charge in [-0.1, -0.05) is 0 Å². The van der Waals surface area contributed by atoms with Crippen molar-refractivity contribution in [3.8, 4) is 11.3 Å². The standard InChI is InChI=1S/C12H8N4O3/c17-12-7-10(14-11-5-6-13-15(11)12)8-1-3-9(4-2-8)16(18)19/h1-7,13H. The first kappa shape index (κ1) is 11.1. The Labute approximate surface area is 106 Å². The van der Waals surface area contributed by atoms with Crippen molar-refractivity contribution >= 4 is 11.3 Å². The molecule has 2 aromatic heterocycles. The third kappa shape index (κ3) is 1.86. The number of nitro benzene ring substituents is 1. The van der Waals surface area contributed by atoms with E-state index in [0.717, 1.165) is 0 Å². The van der Waals surface area contributed by atoms with Crippen LogP contribution in [0.4, 0.5) is 5.69 Å². The smallest absolute Gasteiger partial charge is 0.273 e. The first-order valence-electron chi connectivity index (χ1n) is 5.47. The Bertz CT molecular complexity index is 817. The van der Waals surface area contributed by atoms with Gasteiger partial charge in [-0.15, -0.1) is 0 Å². The molecule has 3 rings (SSSR count). The molecule has 0 amide bonds. The van der Waals surface area contributed by atoms with Gasteiger partial charge in [-0.3, -0.25) is 20.0 Å². The fourth-order valence-electron chi connectivity index (χ4n) is 1.83. The summed E-state index contributed by atoms with van der Waals surface area (Å²) in [6, 6.07) is 8.97. The van der Waals surface area contributed by atoms with Gasteiger partial charge >= 0.3 is 0 Å². The van der Waals surface area contributed by atoms with Crippen molar-refractivity contribution in [1.82, 2.24) is 14.6 Å². The number of non-ortho nitro benzene ring substituents is 1. The highest BCUT2D eigenvalue weighted by molar-refractivity contribution is 5.62. The summed E-state index contributed by atoms with van der Waals surface area (Å²) in [7, 11) is 0. The number of hydrogen-bond acceptors (Lipinski definition) is 4. The summed E-state index contributed by atoms with van der Waals surface area (Å²) in [4.78, 5) is 26.2. The summed E-state index contributed by atoms with van der Waals surface area (Å²) in [5.74, 6) is 0. The van der Waals surface area contributed by atoms with Crippen molar-refractivity contribution in [2.45, 2.75) is 0 Å². The van der Waals surface area contributed by atoms with Crippen LogP contribution in [0.15, 0.2) is 47.4 Å². The molecular formula is C12H8N4O3. The summed E-state index contributed by atoms with van der Waals surface area (Å²) in [5, 5.41) is 13.3. The van der Waals surface area contributed by atoms with Gasteiger partial charge in [-0.25, -0.2) is 9.50 Å². The zero-order valence-electron chi connectivity index (χ0n) is 9.61. The monoisotopic (exact) mass is 256 g/mol. The predicted octanol–water partition coefficient (Wildman–Crippen LogP) is 1.60. The molecule has 0 aliphatic carbocycles. The summed E-state index contributed by atoms with van der Waals surface area (Å²) in [6.07, 6.45) is 1.61. The summed E-state index contributed by atoms with van der Waals surface area (Å²) in [5.41, 5.74) is 1.42. The molecule has 0 radical (unpaired) electrons. The number of H-pyrrole nitrogens is 1. The van der Waals surface area contributed by atoms with Crippen LogP contribution in [-0.2, 0) is 0 Å². The predicted molar refractivity (Wildman–Crippen MR) is 67.9 cm³/mol. The first-order valence-corrected chi connectivity index (χ1v) is 5.47. The number of nitrogens with one attached hydrogen (secondary N) is 1. The van der Waals surface area contributed by atoms with E-state index in [1.54, 1.807) is 24.4 Å². The molecule has 1 N–H and O–H groups in total. The second kappa shape index (κ2) is 4.05. The van der Waals surface area contributed by atoms with Crippen LogP contribution in [0.2, 0.25) is 0 Å². The van der Waals surface area contributed by atoms with Crippen LogP contribution in [0.3, 0.4) is 0 Å². The normalized spacial score (nSPS) is 10.7. The number of fused-ring (bicyclic) bond motifs is 1. The third-order valence-corrected chi connectivity index (χ3v) is 2.75. The van der Waals surface area contributed by atoms with E-state index in [0.29, 0.717) is 16.9 Å². The van der Waals surface area contributed by atoms with Crippen LogP contribution in [0.25, 0.3) is 16.9 Å². The number of nitro groups is 1. The van der Waals surface area contributed by atoms with E-state index in [1.807, 2.05) is 0 Å². The highest BCUT2D eigenvalue weighted by Gasteiger charge is 2.08. The largest absolute Gasteiger partial charge is 0.297 e. The van der Waals surface area contributed by atoms with Crippen LogP contribution in [0.5, 0.6) is 0 Å². The van der Waals surface area contributed by atoms with Gasteiger partial charge in [0.1, 0.15) is 0 Å². The second-order valence-electron chi connectivity index (χ2n) is 3.94. The Morgan fingerprint density at radius 1 is 1.21 bits per heavy atom. The molecule has 0 bridgehead atoms. The molecule has 3 aromatic rings. The van der Waals surface area contributed by atoms with Gasteiger partial charge < -0.3 is 0 Å². The molecule has 19 heavy (non-hydrogen) atoms. The van der Waals surface area contributed by atoms with Gasteiger partial charge in [-0.2, -0.15) is 0 Å². The van der Waals surface area contributed by atoms with E-state index in [1.165, 1.54) is 22.7 Å². The maximum absolute atomic E-state index is 11.8. The van der Waals surface area contributed by atoms with Crippen LogP contribution < -0.4 is 5.56 Å². The highest BCUT2D eigenvalue weighted by atomic mass is 16.6. The fourth-order valence-corrected chi connectivity index (χ4v) is 1.83. The average molecular weight is 256 g/mol. The lowest BCUT2D eigenvalue weighted by Crippen LogP contribution is -2.13. The lowest BCUT2D eigenvalue weighted by Gasteiger charge is -2.01.